The zero-order valence-corrected chi connectivity index (χ0v) is 25.9. The van der Waals surface area contributed by atoms with Crippen LogP contribution in [0.2, 0.25) is 0 Å². The van der Waals surface area contributed by atoms with Crippen LogP contribution in [0.5, 0.6) is 11.5 Å². The lowest BCUT2D eigenvalue weighted by Gasteiger charge is -2.18. The van der Waals surface area contributed by atoms with Crippen molar-refractivity contribution in [1.82, 2.24) is 9.13 Å². The van der Waals surface area contributed by atoms with Gasteiger partial charge in [-0.2, -0.15) is 0 Å². The first-order valence-electron chi connectivity index (χ1n) is 15.6. The van der Waals surface area contributed by atoms with E-state index < -0.39 is 0 Å². The average molecular weight is 601 g/mol. The van der Waals surface area contributed by atoms with Crippen LogP contribution in [0.15, 0.2) is 148 Å². The summed E-state index contributed by atoms with van der Waals surface area (Å²) in [7, 11) is 0. The fourth-order valence-electron chi connectivity index (χ4n) is 6.82. The summed E-state index contributed by atoms with van der Waals surface area (Å²) in [5, 5.41) is 4.82. The van der Waals surface area contributed by atoms with E-state index in [4.69, 9.17) is 9.47 Å². The fourth-order valence-corrected chi connectivity index (χ4v) is 6.82. The molecular weight excluding hydrogens is 564 g/mol. The topological polar surface area (TPSA) is 28.3 Å². The van der Waals surface area contributed by atoms with Crippen LogP contribution in [0.3, 0.4) is 0 Å². The van der Waals surface area contributed by atoms with Gasteiger partial charge in [-0.05, 0) is 47.5 Å². The molecule has 7 aromatic rings. The molecule has 0 aliphatic heterocycles. The predicted molar refractivity (Wildman–Crippen MR) is 195 cm³/mol. The molecule has 0 radical (unpaired) electrons. The summed E-state index contributed by atoms with van der Waals surface area (Å²) in [6, 6.07) is 34.3. The summed E-state index contributed by atoms with van der Waals surface area (Å²) in [4.78, 5) is 0. The average Bonchev–Trinajstić information content (AvgIpc) is 3.59. The van der Waals surface area contributed by atoms with E-state index in [0.29, 0.717) is 26.3 Å². The van der Waals surface area contributed by atoms with Crippen LogP contribution in [0.4, 0.5) is 0 Å². The number of aromatic nitrogens is 2. The lowest BCUT2D eigenvalue weighted by molar-refractivity contribution is 0.363. The quantitative estimate of drug-likeness (QED) is 0.131. The third-order valence-corrected chi connectivity index (χ3v) is 8.56. The highest BCUT2D eigenvalue weighted by molar-refractivity contribution is 6.32. The third-order valence-electron chi connectivity index (χ3n) is 8.56. The number of fused-ring (bicyclic) bond motifs is 6. The second-order valence-corrected chi connectivity index (χ2v) is 11.3. The van der Waals surface area contributed by atoms with Crippen LogP contribution in [-0.2, 0) is 13.1 Å². The summed E-state index contributed by atoms with van der Waals surface area (Å²) < 4.78 is 16.6. The van der Waals surface area contributed by atoms with E-state index in [0.717, 1.165) is 22.6 Å². The Morgan fingerprint density at radius 3 is 1.24 bits per heavy atom. The van der Waals surface area contributed by atoms with Crippen molar-refractivity contribution >= 4 is 43.6 Å². The minimum absolute atomic E-state index is 0.461. The molecule has 2 aromatic heterocycles. The minimum atomic E-state index is 0.461. The highest BCUT2D eigenvalue weighted by Gasteiger charge is 2.27. The van der Waals surface area contributed by atoms with Gasteiger partial charge in [-0.25, -0.2) is 0 Å². The second kappa shape index (κ2) is 12.3. The van der Waals surface area contributed by atoms with Crippen molar-refractivity contribution in [3.8, 4) is 33.8 Å². The van der Waals surface area contributed by atoms with Crippen LogP contribution in [0, 0.1) is 0 Å². The number of ether oxygens (including phenoxy) is 2. The largest absolute Gasteiger partial charge is 0.490 e. The monoisotopic (exact) mass is 600 g/mol. The number of hydrogen-bond acceptors (Lipinski definition) is 2. The molecule has 4 heteroatoms. The van der Waals surface area contributed by atoms with Crippen molar-refractivity contribution in [3.05, 3.63) is 148 Å². The molecule has 0 saturated heterocycles. The van der Waals surface area contributed by atoms with Gasteiger partial charge in [0, 0.05) is 56.8 Å². The van der Waals surface area contributed by atoms with Crippen LogP contribution in [-0.4, -0.2) is 22.3 Å². The van der Waals surface area contributed by atoms with Gasteiger partial charge in [0.2, 0.25) is 0 Å². The molecule has 0 amide bonds. The lowest BCUT2D eigenvalue weighted by atomic mass is 9.89. The molecule has 0 atom stereocenters. The summed E-state index contributed by atoms with van der Waals surface area (Å²) in [5.41, 5.74) is 9.31. The van der Waals surface area contributed by atoms with E-state index >= 15 is 0 Å². The molecule has 226 valence electrons. The van der Waals surface area contributed by atoms with Gasteiger partial charge in [0.25, 0.3) is 0 Å². The SMILES string of the molecule is C=CCOc1ccc(-c2c3c4ccccc4n(CC=C)c3c(-c3ccc(OCC=C)cc3)c3c4ccccc4n(CC=C)c23)cc1. The van der Waals surface area contributed by atoms with Gasteiger partial charge in [0.05, 0.1) is 11.0 Å². The molecule has 2 heterocycles. The van der Waals surface area contributed by atoms with Gasteiger partial charge in [-0.15, -0.1) is 13.2 Å². The molecular formula is C42H36N2O2. The Balaban J connectivity index is 1.71. The molecule has 0 N–H and O–H groups in total. The molecule has 0 spiro atoms. The standard InChI is InChI=1S/C42H36N2O2/c1-5-25-43-35-15-11-9-13-33(35)39-38(30-19-23-32(24-20-30)46-28-8-4)42-40(34-14-10-12-16-36(34)44(42)26-6-2)37(41(39)43)29-17-21-31(22-18-29)45-27-7-3/h5-24H,1-4,25-28H2. The minimum Gasteiger partial charge on any atom is -0.490 e. The summed E-state index contributed by atoms with van der Waals surface area (Å²) in [5.74, 6) is 1.62. The molecule has 0 aliphatic rings. The van der Waals surface area contributed by atoms with Gasteiger partial charge in [0.1, 0.15) is 24.7 Å². The van der Waals surface area contributed by atoms with Crippen LogP contribution in [0.1, 0.15) is 0 Å². The normalized spacial score (nSPS) is 11.3. The number of hydrogen-bond donors (Lipinski definition) is 0. The van der Waals surface area contributed by atoms with E-state index in [-0.39, 0.29) is 0 Å². The van der Waals surface area contributed by atoms with Crippen molar-refractivity contribution in [3.63, 3.8) is 0 Å². The summed E-state index contributed by atoms with van der Waals surface area (Å²) in [6.45, 7) is 18.2. The first kappa shape index (κ1) is 29.0. The van der Waals surface area contributed by atoms with Gasteiger partial charge < -0.3 is 18.6 Å². The van der Waals surface area contributed by atoms with Gasteiger partial charge in [-0.1, -0.05) is 98.1 Å². The Kier molecular flexibility index (Phi) is 7.78. The van der Waals surface area contributed by atoms with Gasteiger partial charge in [-0.3, -0.25) is 0 Å². The molecule has 46 heavy (non-hydrogen) atoms. The maximum absolute atomic E-state index is 5.88. The number of allylic oxidation sites excluding steroid dienone is 2. The fraction of sp³-hybridized carbons (Fsp3) is 0.0952. The molecule has 5 aromatic carbocycles. The molecule has 7 rings (SSSR count). The Labute approximate surface area is 269 Å². The second-order valence-electron chi connectivity index (χ2n) is 11.3. The third kappa shape index (κ3) is 4.70. The molecule has 0 aliphatic carbocycles. The number of rotatable bonds is 12. The summed E-state index contributed by atoms with van der Waals surface area (Å²) in [6.07, 6.45) is 7.50. The van der Waals surface area contributed by atoms with Crippen molar-refractivity contribution in [2.24, 2.45) is 0 Å². The molecule has 0 saturated carbocycles. The number of benzene rings is 5. The van der Waals surface area contributed by atoms with E-state index in [9.17, 15) is 0 Å². The van der Waals surface area contributed by atoms with E-state index in [2.05, 4.69) is 133 Å². The molecule has 0 fully saturated rings. The predicted octanol–water partition coefficient (Wildman–Crippen LogP) is 10.7. The van der Waals surface area contributed by atoms with Crippen molar-refractivity contribution < 1.29 is 9.47 Å². The lowest BCUT2D eigenvalue weighted by Crippen LogP contribution is -2.00. The van der Waals surface area contributed by atoms with Crippen molar-refractivity contribution in [2.75, 3.05) is 13.2 Å². The number of para-hydroxylation sites is 2. The van der Waals surface area contributed by atoms with E-state index in [1.807, 2.05) is 12.2 Å². The van der Waals surface area contributed by atoms with Gasteiger partial charge in [0.15, 0.2) is 0 Å². The Morgan fingerprint density at radius 2 is 0.870 bits per heavy atom. The zero-order chi connectivity index (χ0) is 31.6. The highest BCUT2D eigenvalue weighted by Crippen LogP contribution is 2.50. The van der Waals surface area contributed by atoms with E-state index in [1.165, 1.54) is 54.7 Å². The first-order chi connectivity index (χ1) is 22.7. The Morgan fingerprint density at radius 1 is 0.478 bits per heavy atom. The zero-order valence-electron chi connectivity index (χ0n) is 25.9. The Bertz CT molecular complexity index is 2100. The van der Waals surface area contributed by atoms with Crippen LogP contribution in [0.25, 0.3) is 65.9 Å². The molecule has 0 bridgehead atoms. The van der Waals surface area contributed by atoms with Crippen LogP contribution >= 0.6 is 0 Å². The molecule has 0 unspecified atom stereocenters. The maximum atomic E-state index is 5.88. The van der Waals surface area contributed by atoms with Crippen molar-refractivity contribution in [1.29, 1.82) is 0 Å². The number of nitrogens with zero attached hydrogens (tertiary/aromatic N) is 2. The van der Waals surface area contributed by atoms with Crippen molar-refractivity contribution in [2.45, 2.75) is 13.1 Å². The maximum Gasteiger partial charge on any atom is 0.119 e. The Hall–Kier alpha value is -5.74. The smallest absolute Gasteiger partial charge is 0.119 e. The van der Waals surface area contributed by atoms with Crippen LogP contribution < -0.4 is 9.47 Å². The summed E-state index contributed by atoms with van der Waals surface area (Å²) >= 11 is 0. The van der Waals surface area contributed by atoms with Gasteiger partial charge >= 0.3 is 0 Å². The molecule has 4 nitrogen and oxygen atoms in total. The highest BCUT2D eigenvalue weighted by atomic mass is 16.5. The van der Waals surface area contributed by atoms with E-state index in [1.54, 1.807) is 12.2 Å². The first-order valence-corrected chi connectivity index (χ1v) is 15.6.